The lowest BCUT2D eigenvalue weighted by Crippen LogP contribution is -2.28. The van der Waals surface area contributed by atoms with Gasteiger partial charge in [0.05, 0.1) is 10.5 Å². The Morgan fingerprint density at radius 1 is 1.10 bits per heavy atom. The molecular formula is C20H20N4O4S. The summed E-state index contributed by atoms with van der Waals surface area (Å²) in [6, 6.07) is 14.7. The third-order valence-electron chi connectivity index (χ3n) is 4.31. The Bertz CT molecular complexity index is 1220. The van der Waals surface area contributed by atoms with Crippen LogP contribution < -0.4 is 16.0 Å². The van der Waals surface area contributed by atoms with Crippen molar-refractivity contribution in [2.45, 2.75) is 25.3 Å². The smallest absolute Gasteiger partial charge is 0.291 e. The third kappa shape index (κ3) is 4.25. The van der Waals surface area contributed by atoms with Gasteiger partial charge in [0.15, 0.2) is 5.78 Å². The number of rotatable bonds is 6. The number of hydrogen-bond acceptors (Lipinski definition) is 6. The second kappa shape index (κ2) is 7.98. The molecule has 3 aromatic rings. The van der Waals surface area contributed by atoms with Gasteiger partial charge in [-0.25, -0.2) is 18.2 Å². The van der Waals surface area contributed by atoms with E-state index in [1.807, 2.05) is 30.3 Å². The van der Waals surface area contributed by atoms with Gasteiger partial charge in [-0.15, -0.1) is 0 Å². The number of anilines is 2. The van der Waals surface area contributed by atoms with Crippen molar-refractivity contribution in [3.05, 3.63) is 70.5 Å². The normalized spacial score (nSPS) is 11.3. The number of nitrogens with zero attached hydrogens (tertiary/aromatic N) is 2. The summed E-state index contributed by atoms with van der Waals surface area (Å²) in [7, 11) is -3.83. The van der Waals surface area contributed by atoms with Crippen LogP contribution in [0, 0.1) is 0 Å². The SMILES string of the molecule is CCn1nc(-c2ccccc2)c(C(C)=O)c(Nc2ccc(S(N)(=O)=O)cc2)c1=O. The zero-order chi connectivity index (χ0) is 21.2. The maximum atomic E-state index is 12.9. The van der Waals surface area contributed by atoms with Crippen LogP contribution in [-0.2, 0) is 16.6 Å². The van der Waals surface area contributed by atoms with E-state index in [1.165, 1.54) is 35.9 Å². The predicted octanol–water partition coefficient (Wildman–Crippen LogP) is 2.52. The lowest BCUT2D eigenvalue weighted by Gasteiger charge is -2.16. The fourth-order valence-corrected chi connectivity index (χ4v) is 3.43. The molecule has 0 unspecified atom stereocenters. The molecule has 8 nitrogen and oxygen atoms in total. The minimum atomic E-state index is -3.83. The molecule has 0 spiro atoms. The number of nitrogens with one attached hydrogen (secondary N) is 1. The van der Waals surface area contributed by atoms with Gasteiger partial charge in [-0.3, -0.25) is 9.59 Å². The molecule has 0 saturated heterocycles. The van der Waals surface area contributed by atoms with Gasteiger partial charge in [0, 0.05) is 17.8 Å². The maximum absolute atomic E-state index is 12.9. The van der Waals surface area contributed by atoms with Crippen molar-refractivity contribution in [3.63, 3.8) is 0 Å². The molecule has 0 amide bonds. The summed E-state index contributed by atoms with van der Waals surface area (Å²) >= 11 is 0. The lowest BCUT2D eigenvalue weighted by molar-refractivity contribution is 0.101. The Morgan fingerprint density at radius 3 is 2.24 bits per heavy atom. The number of nitrogens with two attached hydrogens (primary N) is 1. The first-order valence-electron chi connectivity index (χ1n) is 8.83. The molecule has 0 aliphatic rings. The van der Waals surface area contributed by atoms with Crippen molar-refractivity contribution in [1.82, 2.24) is 9.78 Å². The van der Waals surface area contributed by atoms with Crippen molar-refractivity contribution in [3.8, 4) is 11.3 Å². The number of Topliss-reactive ketones (excluding diaryl/α,β-unsaturated/α-hetero) is 1. The topological polar surface area (TPSA) is 124 Å². The molecule has 1 aromatic heterocycles. The minimum Gasteiger partial charge on any atom is -0.350 e. The average molecular weight is 412 g/mol. The van der Waals surface area contributed by atoms with E-state index in [2.05, 4.69) is 10.4 Å². The van der Waals surface area contributed by atoms with Crippen LogP contribution in [0.25, 0.3) is 11.3 Å². The number of carbonyl (C=O) groups is 1. The highest BCUT2D eigenvalue weighted by atomic mass is 32.2. The monoisotopic (exact) mass is 412 g/mol. The van der Waals surface area contributed by atoms with Gasteiger partial charge in [-0.05, 0) is 38.1 Å². The first-order chi connectivity index (χ1) is 13.7. The number of aromatic nitrogens is 2. The molecule has 9 heteroatoms. The lowest BCUT2D eigenvalue weighted by atomic mass is 10.0. The van der Waals surface area contributed by atoms with E-state index in [4.69, 9.17) is 5.14 Å². The Balaban J connectivity index is 2.19. The van der Waals surface area contributed by atoms with Gasteiger partial charge in [-0.1, -0.05) is 30.3 Å². The zero-order valence-corrected chi connectivity index (χ0v) is 16.7. The van der Waals surface area contributed by atoms with Gasteiger partial charge >= 0.3 is 0 Å². The van der Waals surface area contributed by atoms with Crippen LogP contribution in [-0.4, -0.2) is 24.0 Å². The number of carbonyl (C=O) groups excluding carboxylic acids is 1. The van der Waals surface area contributed by atoms with E-state index < -0.39 is 15.6 Å². The summed E-state index contributed by atoms with van der Waals surface area (Å²) in [6.07, 6.45) is 0. The second-order valence-corrected chi connectivity index (χ2v) is 7.90. The van der Waals surface area contributed by atoms with Crippen LogP contribution in [0.4, 0.5) is 11.4 Å². The summed E-state index contributed by atoms with van der Waals surface area (Å²) in [4.78, 5) is 25.3. The predicted molar refractivity (Wildman–Crippen MR) is 111 cm³/mol. The van der Waals surface area contributed by atoms with Crippen LogP contribution in [0.15, 0.2) is 64.3 Å². The van der Waals surface area contributed by atoms with Crippen LogP contribution in [0.5, 0.6) is 0 Å². The van der Waals surface area contributed by atoms with Gasteiger partial charge in [0.25, 0.3) is 5.56 Å². The van der Waals surface area contributed by atoms with Crippen LogP contribution in [0.3, 0.4) is 0 Å². The van der Waals surface area contributed by atoms with Crippen molar-refractivity contribution in [2.24, 2.45) is 5.14 Å². The van der Waals surface area contributed by atoms with E-state index in [1.54, 1.807) is 6.92 Å². The van der Waals surface area contributed by atoms with Gasteiger partial charge in [0.1, 0.15) is 11.4 Å². The Hall–Kier alpha value is -3.30. The van der Waals surface area contributed by atoms with Gasteiger partial charge in [0.2, 0.25) is 10.0 Å². The van der Waals surface area contributed by atoms with Crippen molar-refractivity contribution >= 4 is 27.2 Å². The molecule has 1 heterocycles. The molecule has 0 aliphatic heterocycles. The number of aryl methyl sites for hydroxylation is 1. The number of sulfonamides is 1. The van der Waals surface area contributed by atoms with Crippen molar-refractivity contribution in [1.29, 1.82) is 0 Å². The van der Waals surface area contributed by atoms with Crippen LogP contribution in [0.2, 0.25) is 0 Å². The van der Waals surface area contributed by atoms with Crippen LogP contribution >= 0.6 is 0 Å². The summed E-state index contributed by atoms with van der Waals surface area (Å²) < 4.78 is 24.1. The third-order valence-corrected chi connectivity index (χ3v) is 5.24. The highest BCUT2D eigenvalue weighted by Crippen LogP contribution is 2.27. The molecule has 2 aromatic carbocycles. The van der Waals surface area contributed by atoms with Crippen LogP contribution in [0.1, 0.15) is 24.2 Å². The fraction of sp³-hybridized carbons (Fsp3) is 0.150. The molecule has 0 bridgehead atoms. The largest absolute Gasteiger partial charge is 0.350 e. The Kier molecular flexibility index (Phi) is 5.62. The highest BCUT2D eigenvalue weighted by molar-refractivity contribution is 7.89. The van der Waals surface area contributed by atoms with E-state index in [0.29, 0.717) is 23.5 Å². The zero-order valence-electron chi connectivity index (χ0n) is 15.9. The molecule has 0 atom stereocenters. The molecule has 0 aliphatic carbocycles. The molecule has 0 saturated carbocycles. The number of hydrogen-bond donors (Lipinski definition) is 2. The molecule has 150 valence electrons. The maximum Gasteiger partial charge on any atom is 0.291 e. The summed E-state index contributed by atoms with van der Waals surface area (Å²) in [5, 5.41) is 12.4. The molecule has 29 heavy (non-hydrogen) atoms. The van der Waals surface area contributed by atoms with E-state index >= 15 is 0 Å². The quantitative estimate of drug-likeness (QED) is 0.600. The molecule has 3 rings (SSSR count). The minimum absolute atomic E-state index is 0.0551. The number of ketones is 1. The van der Waals surface area contributed by atoms with E-state index in [9.17, 15) is 18.0 Å². The Labute approximate surface area is 168 Å². The standard InChI is InChI=1S/C20H20N4O4S/c1-3-24-20(26)19(22-15-9-11-16(12-10-15)29(21,27)28)17(13(2)25)18(23-24)14-7-5-4-6-8-14/h4-12,22H,3H2,1-2H3,(H2,21,27,28). The highest BCUT2D eigenvalue weighted by Gasteiger charge is 2.22. The summed E-state index contributed by atoms with van der Waals surface area (Å²) in [5.74, 6) is -0.319. The summed E-state index contributed by atoms with van der Waals surface area (Å²) in [6.45, 7) is 3.46. The van der Waals surface area contributed by atoms with Gasteiger partial charge in [-0.2, -0.15) is 5.10 Å². The average Bonchev–Trinajstić information content (AvgIpc) is 2.69. The molecule has 0 fully saturated rings. The van der Waals surface area contributed by atoms with E-state index in [0.717, 1.165) is 0 Å². The first kappa shape index (κ1) is 20.4. The molecule has 3 N–H and O–H groups in total. The molecular weight excluding hydrogens is 392 g/mol. The first-order valence-corrected chi connectivity index (χ1v) is 10.4. The number of benzene rings is 2. The second-order valence-electron chi connectivity index (χ2n) is 6.34. The van der Waals surface area contributed by atoms with Crippen molar-refractivity contribution in [2.75, 3.05) is 5.32 Å². The molecule has 0 radical (unpaired) electrons. The Morgan fingerprint density at radius 2 is 1.72 bits per heavy atom. The van der Waals surface area contributed by atoms with E-state index in [-0.39, 0.29) is 21.9 Å². The summed E-state index contributed by atoms with van der Waals surface area (Å²) in [5.41, 5.74) is 1.33. The van der Waals surface area contributed by atoms with Crippen molar-refractivity contribution < 1.29 is 13.2 Å². The number of primary sulfonamides is 1. The van der Waals surface area contributed by atoms with Gasteiger partial charge < -0.3 is 5.32 Å². The fourth-order valence-electron chi connectivity index (χ4n) is 2.91.